The molecule has 0 unspecified atom stereocenters. The molecule has 1 N–H and O–H groups in total. The number of fused-ring (bicyclic) bond motifs is 1. The molecule has 0 aliphatic carbocycles. The molecule has 33 heavy (non-hydrogen) atoms. The number of ether oxygens (including phenoxy) is 4. The number of methoxy groups -OCH3 is 1. The van der Waals surface area contributed by atoms with Crippen molar-refractivity contribution in [3.8, 4) is 5.75 Å². The Kier molecular flexibility index (Phi) is 5.72. The summed E-state index contributed by atoms with van der Waals surface area (Å²) in [5.74, 6) is -1.35. The maximum absolute atomic E-state index is 13.0. The number of rotatable bonds is 5. The van der Waals surface area contributed by atoms with E-state index in [1.54, 1.807) is 24.3 Å². The van der Waals surface area contributed by atoms with Gasteiger partial charge in [0.1, 0.15) is 24.1 Å². The lowest BCUT2D eigenvalue weighted by atomic mass is 9.93. The first-order valence-electron chi connectivity index (χ1n) is 10.8. The van der Waals surface area contributed by atoms with Crippen molar-refractivity contribution in [2.24, 2.45) is 0 Å². The fourth-order valence-corrected chi connectivity index (χ4v) is 4.38. The van der Waals surface area contributed by atoms with Crippen LogP contribution in [0.15, 0.2) is 96.8 Å². The molecule has 1 fully saturated rings. The Labute approximate surface area is 192 Å². The summed E-state index contributed by atoms with van der Waals surface area (Å²) in [5, 5.41) is 9.86. The van der Waals surface area contributed by atoms with Crippen molar-refractivity contribution in [2.75, 3.05) is 7.11 Å². The van der Waals surface area contributed by atoms with Crippen molar-refractivity contribution in [1.29, 1.82) is 0 Å². The number of hydrogen-bond donors (Lipinski definition) is 1. The molecule has 2 aliphatic heterocycles. The second-order valence-corrected chi connectivity index (χ2v) is 8.01. The maximum Gasteiger partial charge on any atom is 0.288 e. The van der Waals surface area contributed by atoms with Gasteiger partial charge in [0, 0.05) is 7.11 Å². The minimum atomic E-state index is -1.49. The number of Topliss-reactive ketones (excluding diaryl/α,β-unsaturated/α-hetero) is 1. The molecule has 168 valence electrons. The second kappa shape index (κ2) is 8.83. The smallest absolute Gasteiger partial charge is 0.288 e. The predicted molar refractivity (Wildman–Crippen MR) is 121 cm³/mol. The maximum atomic E-state index is 13.0. The first-order valence-corrected chi connectivity index (χ1v) is 10.8. The quantitative estimate of drug-likeness (QED) is 0.426. The summed E-state index contributed by atoms with van der Waals surface area (Å²) in [6, 6.07) is 26.5. The minimum absolute atomic E-state index is 0.0443. The van der Waals surface area contributed by atoms with Crippen LogP contribution in [0.5, 0.6) is 5.75 Å². The average molecular weight is 444 g/mol. The zero-order valence-corrected chi connectivity index (χ0v) is 18.1. The summed E-state index contributed by atoms with van der Waals surface area (Å²) in [5.41, 5.74) is 2.40. The van der Waals surface area contributed by atoms with Crippen LogP contribution < -0.4 is 4.74 Å². The number of benzene rings is 3. The fourth-order valence-electron chi connectivity index (χ4n) is 4.38. The van der Waals surface area contributed by atoms with E-state index in [1.807, 2.05) is 60.7 Å². The van der Waals surface area contributed by atoms with Gasteiger partial charge in [-0.2, -0.15) is 0 Å². The Bertz CT molecular complexity index is 1110. The van der Waals surface area contributed by atoms with Gasteiger partial charge in [0.25, 0.3) is 5.97 Å². The van der Waals surface area contributed by atoms with E-state index in [9.17, 15) is 9.90 Å². The topological polar surface area (TPSA) is 74.2 Å². The van der Waals surface area contributed by atoms with Gasteiger partial charge in [-0.25, -0.2) is 0 Å². The van der Waals surface area contributed by atoms with Crippen molar-refractivity contribution < 1.29 is 28.8 Å². The molecular formula is C27H24O6. The SMILES string of the molecule is COC1(C[C@H]2Oc3ccccc3C(=O)/C2=C\O)O[C@@H](c2ccccc2)[C@H](c2ccccc2)O1. The Morgan fingerprint density at radius 2 is 1.42 bits per heavy atom. The summed E-state index contributed by atoms with van der Waals surface area (Å²) in [6.07, 6.45) is -0.862. The van der Waals surface area contributed by atoms with E-state index in [4.69, 9.17) is 18.9 Å². The van der Waals surface area contributed by atoms with Gasteiger partial charge in [-0.3, -0.25) is 4.79 Å². The van der Waals surface area contributed by atoms with Crippen molar-refractivity contribution in [3.63, 3.8) is 0 Å². The van der Waals surface area contributed by atoms with Crippen LogP contribution in [0.25, 0.3) is 0 Å². The minimum Gasteiger partial charge on any atom is -0.515 e. The number of carbonyl (C=O) groups is 1. The lowest BCUT2D eigenvalue weighted by Gasteiger charge is -2.33. The number of aliphatic hydroxyl groups is 1. The number of carbonyl (C=O) groups excluding carboxylic acids is 1. The molecule has 5 rings (SSSR count). The van der Waals surface area contributed by atoms with Gasteiger partial charge in [0.2, 0.25) is 0 Å². The van der Waals surface area contributed by atoms with Crippen molar-refractivity contribution in [3.05, 3.63) is 113 Å². The zero-order valence-electron chi connectivity index (χ0n) is 18.1. The van der Waals surface area contributed by atoms with Crippen LogP contribution >= 0.6 is 0 Å². The van der Waals surface area contributed by atoms with E-state index in [0.717, 1.165) is 17.4 Å². The summed E-state index contributed by atoms with van der Waals surface area (Å²) >= 11 is 0. The second-order valence-electron chi connectivity index (χ2n) is 8.01. The highest BCUT2D eigenvalue weighted by Gasteiger charge is 2.52. The normalized spacial score (nSPS) is 24.9. The molecule has 0 spiro atoms. The van der Waals surface area contributed by atoms with Gasteiger partial charge in [-0.1, -0.05) is 72.8 Å². The molecule has 3 atom stereocenters. The molecule has 6 heteroatoms. The zero-order chi connectivity index (χ0) is 22.8. The van der Waals surface area contributed by atoms with Crippen LogP contribution in [0.3, 0.4) is 0 Å². The molecule has 0 bridgehead atoms. The van der Waals surface area contributed by atoms with Crippen molar-refractivity contribution in [1.82, 2.24) is 0 Å². The Hall–Kier alpha value is -3.45. The molecular weight excluding hydrogens is 420 g/mol. The van der Waals surface area contributed by atoms with Crippen LogP contribution in [0.1, 0.15) is 40.1 Å². The third-order valence-electron chi connectivity index (χ3n) is 6.04. The monoisotopic (exact) mass is 444 g/mol. The van der Waals surface area contributed by atoms with Gasteiger partial charge >= 0.3 is 0 Å². The average Bonchev–Trinajstić information content (AvgIpc) is 3.25. The van der Waals surface area contributed by atoms with Crippen LogP contribution in [0, 0.1) is 0 Å². The van der Waals surface area contributed by atoms with Crippen LogP contribution in [-0.2, 0) is 14.2 Å². The largest absolute Gasteiger partial charge is 0.515 e. The van der Waals surface area contributed by atoms with Crippen LogP contribution in [-0.4, -0.2) is 30.1 Å². The fraction of sp³-hybridized carbons (Fsp3) is 0.222. The van der Waals surface area contributed by atoms with Gasteiger partial charge in [0.15, 0.2) is 5.78 Å². The van der Waals surface area contributed by atoms with Crippen LogP contribution in [0.4, 0.5) is 0 Å². The Balaban J connectivity index is 1.50. The molecule has 6 nitrogen and oxygen atoms in total. The first kappa shape index (κ1) is 21.4. The molecule has 2 heterocycles. The third kappa shape index (κ3) is 3.93. The first-order chi connectivity index (χ1) is 16.1. The molecule has 0 radical (unpaired) electrons. The molecule has 2 aliphatic rings. The van der Waals surface area contributed by atoms with E-state index in [2.05, 4.69) is 0 Å². The van der Waals surface area contributed by atoms with E-state index in [-0.39, 0.29) is 17.8 Å². The summed E-state index contributed by atoms with van der Waals surface area (Å²) in [7, 11) is 1.50. The molecule has 1 saturated heterocycles. The van der Waals surface area contributed by atoms with Gasteiger partial charge in [-0.05, 0) is 23.3 Å². The highest BCUT2D eigenvalue weighted by Crippen LogP contribution is 2.50. The Morgan fingerprint density at radius 1 is 0.879 bits per heavy atom. The van der Waals surface area contributed by atoms with Crippen LogP contribution in [0.2, 0.25) is 0 Å². The molecule has 0 saturated carbocycles. The molecule has 0 amide bonds. The van der Waals surface area contributed by atoms with E-state index in [1.165, 1.54) is 7.11 Å². The van der Waals surface area contributed by atoms with Gasteiger partial charge in [-0.15, -0.1) is 0 Å². The van der Waals surface area contributed by atoms with Gasteiger partial charge < -0.3 is 24.1 Å². The number of aliphatic hydroxyl groups excluding tert-OH is 1. The summed E-state index contributed by atoms with van der Waals surface area (Å²) < 4.78 is 24.7. The standard InChI is InChI=1S/C27H24O6/c1-30-27(16-23-21(17-28)24(29)20-14-8-9-15-22(20)31-23)32-25(18-10-4-2-5-11-18)26(33-27)19-12-6-3-7-13-19/h2-15,17,23,25-26,28H,16H2,1H3/b21-17-/t23-,25+,26+/m1/s1. The van der Waals surface area contributed by atoms with Gasteiger partial charge in [0.05, 0.1) is 23.8 Å². The van der Waals surface area contributed by atoms with Crippen molar-refractivity contribution in [2.45, 2.75) is 30.7 Å². The highest BCUT2D eigenvalue weighted by molar-refractivity contribution is 6.12. The molecule has 3 aromatic rings. The lowest BCUT2D eigenvalue weighted by Crippen LogP contribution is -2.42. The Morgan fingerprint density at radius 3 is 1.97 bits per heavy atom. The molecule has 3 aromatic carbocycles. The lowest BCUT2D eigenvalue weighted by molar-refractivity contribution is -0.339. The summed E-state index contributed by atoms with van der Waals surface area (Å²) in [6.45, 7) is 0. The summed E-state index contributed by atoms with van der Waals surface area (Å²) in [4.78, 5) is 13.0. The van der Waals surface area contributed by atoms with Crippen molar-refractivity contribution >= 4 is 5.78 Å². The predicted octanol–water partition coefficient (Wildman–Crippen LogP) is 5.29. The highest BCUT2D eigenvalue weighted by atomic mass is 16.9. The van der Waals surface area contributed by atoms with E-state index >= 15 is 0 Å². The number of para-hydroxylation sites is 1. The number of ketones is 1. The number of hydrogen-bond acceptors (Lipinski definition) is 6. The van der Waals surface area contributed by atoms with E-state index < -0.39 is 24.3 Å². The third-order valence-corrected chi connectivity index (χ3v) is 6.04. The molecule has 0 aromatic heterocycles. The van der Waals surface area contributed by atoms with E-state index in [0.29, 0.717) is 11.3 Å².